The molecule has 21 heavy (non-hydrogen) atoms. The second-order valence-corrected chi connectivity index (χ2v) is 4.71. The molecule has 2 N–H and O–H groups in total. The Morgan fingerprint density at radius 2 is 2.00 bits per heavy atom. The molecule has 0 spiro atoms. The molecule has 2 rings (SSSR count). The van der Waals surface area contributed by atoms with Crippen LogP contribution in [0.25, 0.3) is 0 Å². The molecule has 0 radical (unpaired) electrons. The minimum Gasteiger partial charge on any atom is -0.346 e. The van der Waals surface area contributed by atoms with Gasteiger partial charge in [0.25, 0.3) is 5.91 Å². The predicted octanol–water partition coefficient (Wildman–Crippen LogP) is 2.28. The van der Waals surface area contributed by atoms with Crippen LogP contribution in [0.2, 0.25) is 0 Å². The predicted molar refractivity (Wildman–Crippen MR) is 80.9 cm³/mol. The summed E-state index contributed by atoms with van der Waals surface area (Å²) >= 11 is 0. The van der Waals surface area contributed by atoms with E-state index in [0.29, 0.717) is 17.8 Å². The van der Waals surface area contributed by atoms with Crippen molar-refractivity contribution in [1.29, 1.82) is 0 Å². The monoisotopic (exact) mass is 283 g/mol. The third kappa shape index (κ3) is 4.14. The average Bonchev–Trinajstić information content (AvgIpc) is 2.45. The zero-order chi connectivity index (χ0) is 15.2. The van der Waals surface area contributed by atoms with Crippen molar-refractivity contribution in [2.75, 3.05) is 5.32 Å². The normalized spacial score (nSPS) is 10.0. The SMILES string of the molecule is CC(=O)Nc1ccc(C(=O)NCc2ccccn2)c(C)c1. The van der Waals surface area contributed by atoms with Crippen LogP contribution in [0.15, 0.2) is 42.6 Å². The lowest BCUT2D eigenvalue weighted by atomic mass is 10.1. The molecular formula is C16H17N3O2. The van der Waals surface area contributed by atoms with Gasteiger partial charge in [-0.3, -0.25) is 14.6 Å². The second-order valence-electron chi connectivity index (χ2n) is 4.71. The zero-order valence-corrected chi connectivity index (χ0v) is 12.0. The maximum Gasteiger partial charge on any atom is 0.251 e. The van der Waals surface area contributed by atoms with Gasteiger partial charge < -0.3 is 10.6 Å². The fraction of sp³-hybridized carbons (Fsp3) is 0.188. The molecule has 1 aromatic heterocycles. The molecular weight excluding hydrogens is 266 g/mol. The molecule has 0 bridgehead atoms. The van der Waals surface area contributed by atoms with Crippen LogP contribution in [0.1, 0.15) is 28.5 Å². The summed E-state index contributed by atoms with van der Waals surface area (Å²) in [6.07, 6.45) is 1.69. The van der Waals surface area contributed by atoms with E-state index in [-0.39, 0.29) is 11.8 Å². The molecule has 108 valence electrons. The first-order valence-corrected chi connectivity index (χ1v) is 6.62. The van der Waals surface area contributed by atoms with E-state index in [2.05, 4.69) is 15.6 Å². The molecule has 0 unspecified atom stereocenters. The first-order valence-electron chi connectivity index (χ1n) is 6.62. The number of carbonyl (C=O) groups is 2. The summed E-state index contributed by atoms with van der Waals surface area (Å²) < 4.78 is 0. The Hall–Kier alpha value is -2.69. The molecule has 2 amide bonds. The summed E-state index contributed by atoms with van der Waals surface area (Å²) in [5.74, 6) is -0.297. The summed E-state index contributed by atoms with van der Waals surface area (Å²) in [7, 11) is 0. The molecule has 0 aliphatic rings. The van der Waals surface area contributed by atoms with Crippen molar-refractivity contribution in [2.24, 2.45) is 0 Å². The molecule has 0 aliphatic heterocycles. The van der Waals surface area contributed by atoms with Gasteiger partial charge in [-0.2, -0.15) is 0 Å². The molecule has 0 atom stereocenters. The van der Waals surface area contributed by atoms with E-state index < -0.39 is 0 Å². The van der Waals surface area contributed by atoms with E-state index in [1.807, 2.05) is 25.1 Å². The number of hydrogen-bond donors (Lipinski definition) is 2. The number of rotatable bonds is 4. The fourth-order valence-corrected chi connectivity index (χ4v) is 1.97. The van der Waals surface area contributed by atoms with Gasteiger partial charge >= 0.3 is 0 Å². The van der Waals surface area contributed by atoms with E-state index in [1.54, 1.807) is 24.4 Å². The topological polar surface area (TPSA) is 71.1 Å². The lowest BCUT2D eigenvalue weighted by Crippen LogP contribution is -2.24. The maximum atomic E-state index is 12.1. The smallest absolute Gasteiger partial charge is 0.251 e. The minimum absolute atomic E-state index is 0.137. The van der Waals surface area contributed by atoms with Gasteiger partial charge in [0.15, 0.2) is 0 Å². The highest BCUT2D eigenvalue weighted by Gasteiger charge is 2.09. The molecule has 2 aromatic rings. The van der Waals surface area contributed by atoms with Gasteiger partial charge in [-0.05, 0) is 42.8 Å². The number of anilines is 1. The Morgan fingerprint density at radius 3 is 2.62 bits per heavy atom. The number of carbonyl (C=O) groups excluding carboxylic acids is 2. The van der Waals surface area contributed by atoms with Crippen molar-refractivity contribution in [3.8, 4) is 0 Å². The van der Waals surface area contributed by atoms with E-state index in [4.69, 9.17) is 0 Å². The lowest BCUT2D eigenvalue weighted by Gasteiger charge is -2.09. The fourth-order valence-electron chi connectivity index (χ4n) is 1.97. The van der Waals surface area contributed by atoms with E-state index in [0.717, 1.165) is 11.3 Å². The third-order valence-corrected chi connectivity index (χ3v) is 2.95. The van der Waals surface area contributed by atoms with Crippen LogP contribution >= 0.6 is 0 Å². The summed E-state index contributed by atoms with van der Waals surface area (Å²) in [5.41, 5.74) is 2.87. The summed E-state index contributed by atoms with van der Waals surface area (Å²) in [4.78, 5) is 27.3. The Kier molecular flexibility index (Phi) is 4.66. The Bertz CT molecular complexity index is 654. The molecule has 5 nitrogen and oxygen atoms in total. The summed E-state index contributed by atoms with van der Waals surface area (Å²) in [6, 6.07) is 10.8. The highest BCUT2D eigenvalue weighted by molar-refractivity contribution is 5.96. The second kappa shape index (κ2) is 6.65. The van der Waals surface area contributed by atoms with Gasteiger partial charge in [0.2, 0.25) is 5.91 Å². The molecule has 5 heteroatoms. The maximum absolute atomic E-state index is 12.1. The van der Waals surface area contributed by atoms with Gasteiger partial charge in [-0.1, -0.05) is 6.07 Å². The molecule has 0 saturated carbocycles. The van der Waals surface area contributed by atoms with Crippen LogP contribution < -0.4 is 10.6 Å². The van der Waals surface area contributed by atoms with Gasteiger partial charge in [0, 0.05) is 24.4 Å². The molecule has 0 aliphatic carbocycles. The van der Waals surface area contributed by atoms with Crippen molar-refractivity contribution >= 4 is 17.5 Å². The van der Waals surface area contributed by atoms with Crippen molar-refractivity contribution in [3.63, 3.8) is 0 Å². The number of aryl methyl sites for hydroxylation is 1. The van der Waals surface area contributed by atoms with Crippen LogP contribution in [0, 0.1) is 6.92 Å². The van der Waals surface area contributed by atoms with E-state index in [1.165, 1.54) is 6.92 Å². The van der Waals surface area contributed by atoms with Crippen LogP contribution in [-0.2, 0) is 11.3 Å². The van der Waals surface area contributed by atoms with Crippen molar-refractivity contribution in [1.82, 2.24) is 10.3 Å². The Balaban J connectivity index is 2.04. The Labute approximate surface area is 123 Å². The number of nitrogens with zero attached hydrogens (tertiary/aromatic N) is 1. The standard InChI is InChI=1S/C16H17N3O2/c1-11-9-13(19-12(2)20)6-7-15(11)16(21)18-10-14-5-3-4-8-17-14/h3-9H,10H2,1-2H3,(H,18,21)(H,19,20). The number of amides is 2. The van der Waals surface area contributed by atoms with Crippen LogP contribution in [0.3, 0.4) is 0 Å². The third-order valence-electron chi connectivity index (χ3n) is 2.95. The Morgan fingerprint density at radius 1 is 1.19 bits per heavy atom. The van der Waals surface area contributed by atoms with Crippen molar-refractivity contribution < 1.29 is 9.59 Å². The number of nitrogens with one attached hydrogen (secondary N) is 2. The summed E-state index contributed by atoms with van der Waals surface area (Å²) in [5, 5.41) is 5.52. The molecule has 1 heterocycles. The van der Waals surface area contributed by atoms with Gasteiger partial charge in [0.05, 0.1) is 12.2 Å². The van der Waals surface area contributed by atoms with Gasteiger partial charge in [-0.25, -0.2) is 0 Å². The minimum atomic E-state index is -0.160. The molecule has 0 fully saturated rings. The highest BCUT2D eigenvalue weighted by atomic mass is 16.2. The van der Waals surface area contributed by atoms with Gasteiger partial charge in [-0.15, -0.1) is 0 Å². The first-order chi connectivity index (χ1) is 10.1. The number of hydrogen-bond acceptors (Lipinski definition) is 3. The van der Waals surface area contributed by atoms with Crippen LogP contribution in [-0.4, -0.2) is 16.8 Å². The molecule has 0 saturated heterocycles. The number of aromatic nitrogens is 1. The highest BCUT2D eigenvalue weighted by Crippen LogP contribution is 2.15. The zero-order valence-electron chi connectivity index (χ0n) is 12.0. The first kappa shape index (κ1) is 14.7. The largest absolute Gasteiger partial charge is 0.346 e. The van der Waals surface area contributed by atoms with Gasteiger partial charge in [0.1, 0.15) is 0 Å². The van der Waals surface area contributed by atoms with Crippen LogP contribution in [0.4, 0.5) is 5.69 Å². The average molecular weight is 283 g/mol. The van der Waals surface area contributed by atoms with E-state index in [9.17, 15) is 9.59 Å². The van der Waals surface area contributed by atoms with Crippen molar-refractivity contribution in [2.45, 2.75) is 20.4 Å². The van der Waals surface area contributed by atoms with Crippen LogP contribution in [0.5, 0.6) is 0 Å². The molecule has 1 aromatic carbocycles. The number of pyridine rings is 1. The lowest BCUT2D eigenvalue weighted by molar-refractivity contribution is -0.114. The quantitative estimate of drug-likeness (QED) is 0.904. The van der Waals surface area contributed by atoms with E-state index >= 15 is 0 Å². The van der Waals surface area contributed by atoms with Crippen molar-refractivity contribution in [3.05, 3.63) is 59.4 Å². The summed E-state index contributed by atoms with van der Waals surface area (Å²) in [6.45, 7) is 3.66. The number of benzene rings is 1.